The van der Waals surface area contributed by atoms with Crippen molar-refractivity contribution in [3.8, 4) is 0 Å². The van der Waals surface area contributed by atoms with Crippen LogP contribution in [0.4, 0.5) is 5.82 Å². The molecule has 1 aliphatic rings. The smallest absolute Gasteiger partial charge is 0.234 e. The van der Waals surface area contributed by atoms with Crippen LogP contribution >= 0.6 is 0 Å². The first-order valence-electron chi connectivity index (χ1n) is 8.01. The average molecular weight is 318 g/mol. The Bertz CT molecular complexity index is 676. The fourth-order valence-corrected chi connectivity index (χ4v) is 2.80. The molecule has 0 aromatic carbocycles. The minimum atomic E-state index is 0.0799. The van der Waals surface area contributed by atoms with Gasteiger partial charge in [-0.05, 0) is 13.8 Å². The molecule has 0 atom stereocenters. The number of aryl methyl sites for hydroxylation is 1. The van der Waals surface area contributed by atoms with Crippen molar-refractivity contribution in [3.05, 3.63) is 6.33 Å². The van der Waals surface area contributed by atoms with E-state index in [4.69, 9.17) is 0 Å². The van der Waals surface area contributed by atoms with Crippen molar-refractivity contribution in [2.45, 2.75) is 20.4 Å². The van der Waals surface area contributed by atoms with Gasteiger partial charge in [-0.25, -0.2) is 14.6 Å². The monoisotopic (exact) mass is 318 g/mol. The number of amides is 1. The van der Waals surface area contributed by atoms with Gasteiger partial charge in [-0.3, -0.25) is 9.69 Å². The second-order valence-electron chi connectivity index (χ2n) is 5.49. The largest absolute Gasteiger partial charge is 0.355 e. The summed E-state index contributed by atoms with van der Waals surface area (Å²) in [6.07, 6.45) is 1.56. The fraction of sp³-hybridized carbons (Fsp3) is 0.643. The van der Waals surface area contributed by atoms with E-state index in [9.17, 15) is 4.79 Å². The maximum Gasteiger partial charge on any atom is 0.234 e. The molecule has 0 saturated carbocycles. The molecule has 3 heterocycles. The molecule has 9 nitrogen and oxygen atoms in total. The molecule has 1 saturated heterocycles. The van der Waals surface area contributed by atoms with E-state index in [1.54, 1.807) is 11.0 Å². The molecule has 1 fully saturated rings. The van der Waals surface area contributed by atoms with Gasteiger partial charge in [0.1, 0.15) is 6.33 Å². The fourth-order valence-electron chi connectivity index (χ4n) is 2.80. The van der Waals surface area contributed by atoms with Crippen LogP contribution in [-0.4, -0.2) is 75.0 Å². The van der Waals surface area contributed by atoms with Crippen LogP contribution in [0.15, 0.2) is 6.33 Å². The van der Waals surface area contributed by atoms with Gasteiger partial charge in [0.25, 0.3) is 0 Å². The molecule has 9 heteroatoms. The third-order valence-corrected chi connectivity index (χ3v) is 3.99. The predicted octanol–water partition coefficient (Wildman–Crippen LogP) is -0.501. The topological polar surface area (TPSA) is 92.1 Å². The van der Waals surface area contributed by atoms with E-state index >= 15 is 0 Å². The molecule has 1 aliphatic heterocycles. The van der Waals surface area contributed by atoms with Crippen LogP contribution in [0.2, 0.25) is 0 Å². The molecule has 1 amide bonds. The third-order valence-electron chi connectivity index (χ3n) is 3.99. The Morgan fingerprint density at radius 1 is 1.22 bits per heavy atom. The zero-order valence-electron chi connectivity index (χ0n) is 13.6. The number of likely N-dealkylation sites (N-methyl/N-ethyl adjacent to an activating group) is 1. The van der Waals surface area contributed by atoms with Crippen molar-refractivity contribution in [3.63, 3.8) is 0 Å². The van der Waals surface area contributed by atoms with Crippen LogP contribution in [0.25, 0.3) is 11.2 Å². The molecule has 2 aromatic heterocycles. The molecule has 2 aromatic rings. The van der Waals surface area contributed by atoms with Crippen LogP contribution in [-0.2, 0) is 11.3 Å². The number of hydrogen-bond donors (Lipinski definition) is 1. The number of carbonyl (C=O) groups is 1. The summed E-state index contributed by atoms with van der Waals surface area (Å²) in [5, 5.41) is 11.2. The van der Waals surface area contributed by atoms with E-state index in [0.717, 1.165) is 49.7 Å². The molecule has 0 spiro atoms. The molecular formula is C14H22N8O. The minimum absolute atomic E-state index is 0.0799. The normalized spacial score (nSPS) is 16.0. The number of nitrogens with zero attached hydrogens (tertiary/aromatic N) is 7. The summed E-state index contributed by atoms with van der Waals surface area (Å²) in [5.41, 5.74) is 1.51. The average Bonchev–Trinajstić information content (AvgIpc) is 2.99. The summed E-state index contributed by atoms with van der Waals surface area (Å²) in [4.78, 5) is 24.7. The summed E-state index contributed by atoms with van der Waals surface area (Å²) in [5.74, 6) is 0.906. The molecule has 0 radical (unpaired) electrons. The lowest BCUT2D eigenvalue weighted by molar-refractivity contribution is -0.122. The highest BCUT2D eigenvalue weighted by molar-refractivity contribution is 5.82. The highest BCUT2D eigenvalue weighted by Crippen LogP contribution is 2.21. The Morgan fingerprint density at radius 3 is 2.70 bits per heavy atom. The summed E-state index contributed by atoms with van der Waals surface area (Å²) in [7, 11) is 0. The van der Waals surface area contributed by atoms with Gasteiger partial charge in [0, 0.05) is 39.3 Å². The second kappa shape index (κ2) is 6.86. The standard InChI is InChI=1S/C14H22N8O/c1-3-15-11(23)9-20-5-7-21(8-6-20)13-12-14(17-10-16-13)22(4-2)19-18-12/h10H,3-9H2,1-2H3,(H,15,23). The highest BCUT2D eigenvalue weighted by atomic mass is 16.2. The first-order valence-corrected chi connectivity index (χ1v) is 8.01. The number of rotatable bonds is 5. The number of carbonyl (C=O) groups excluding carboxylic acids is 1. The first kappa shape index (κ1) is 15.6. The molecular weight excluding hydrogens is 296 g/mol. The molecule has 3 rings (SSSR count). The molecule has 23 heavy (non-hydrogen) atoms. The first-order chi connectivity index (χ1) is 11.2. The zero-order valence-corrected chi connectivity index (χ0v) is 13.6. The lowest BCUT2D eigenvalue weighted by atomic mass is 10.3. The number of aromatic nitrogens is 5. The molecule has 0 unspecified atom stereocenters. The Balaban J connectivity index is 1.68. The summed E-state index contributed by atoms with van der Waals surface area (Å²) in [6.45, 7) is 9.06. The zero-order chi connectivity index (χ0) is 16.2. The Labute approximate surface area is 134 Å². The summed E-state index contributed by atoms with van der Waals surface area (Å²) >= 11 is 0. The molecule has 0 aliphatic carbocycles. The summed E-state index contributed by atoms with van der Waals surface area (Å²) < 4.78 is 1.77. The van der Waals surface area contributed by atoms with Gasteiger partial charge in [0.15, 0.2) is 17.0 Å². The van der Waals surface area contributed by atoms with E-state index in [1.807, 2.05) is 13.8 Å². The molecule has 1 N–H and O–H groups in total. The minimum Gasteiger partial charge on any atom is -0.355 e. The van der Waals surface area contributed by atoms with Crippen LogP contribution in [0.3, 0.4) is 0 Å². The number of piperazine rings is 1. The van der Waals surface area contributed by atoms with E-state index in [1.165, 1.54) is 0 Å². The van der Waals surface area contributed by atoms with E-state index < -0.39 is 0 Å². The van der Waals surface area contributed by atoms with E-state index in [-0.39, 0.29) is 5.91 Å². The van der Waals surface area contributed by atoms with Gasteiger partial charge in [-0.2, -0.15) is 0 Å². The third kappa shape index (κ3) is 3.24. The van der Waals surface area contributed by atoms with E-state index in [0.29, 0.717) is 13.1 Å². The van der Waals surface area contributed by atoms with Crippen molar-refractivity contribution < 1.29 is 4.79 Å². The summed E-state index contributed by atoms with van der Waals surface area (Å²) in [6, 6.07) is 0. The van der Waals surface area contributed by atoms with Crippen molar-refractivity contribution in [1.82, 2.24) is 35.2 Å². The number of hydrogen-bond acceptors (Lipinski definition) is 7. The van der Waals surface area contributed by atoms with Crippen LogP contribution in [0, 0.1) is 0 Å². The van der Waals surface area contributed by atoms with Crippen molar-refractivity contribution >= 4 is 22.9 Å². The van der Waals surface area contributed by atoms with Crippen molar-refractivity contribution in [2.75, 3.05) is 44.2 Å². The van der Waals surface area contributed by atoms with Gasteiger partial charge in [0.2, 0.25) is 5.91 Å². The predicted molar refractivity (Wildman–Crippen MR) is 86.1 cm³/mol. The van der Waals surface area contributed by atoms with Gasteiger partial charge in [-0.1, -0.05) is 5.21 Å². The van der Waals surface area contributed by atoms with Gasteiger partial charge in [0.05, 0.1) is 6.54 Å². The highest BCUT2D eigenvalue weighted by Gasteiger charge is 2.22. The maximum absolute atomic E-state index is 11.7. The van der Waals surface area contributed by atoms with Gasteiger partial charge >= 0.3 is 0 Å². The molecule has 0 bridgehead atoms. The lowest BCUT2D eigenvalue weighted by Crippen LogP contribution is -2.49. The van der Waals surface area contributed by atoms with Crippen LogP contribution in [0.1, 0.15) is 13.8 Å². The number of fused-ring (bicyclic) bond motifs is 1. The van der Waals surface area contributed by atoms with Crippen LogP contribution < -0.4 is 10.2 Å². The quantitative estimate of drug-likeness (QED) is 0.794. The van der Waals surface area contributed by atoms with E-state index in [2.05, 4.69) is 35.4 Å². The molecule has 124 valence electrons. The van der Waals surface area contributed by atoms with Gasteiger partial charge < -0.3 is 10.2 Å². The number of nitrogens with one attached hydrogen (secondary N) is 1. The Hall–Kier alpha value is -2.29. The second-order valence-corrected chi connectivity index (χ2v) is 5.49. The Morgan fingerprint density at radius 2 is 2.00 bits per heavy atom. The number of anilines is 1. The maximum atomic E-state index is 11.7. The lowest BCUT2D eigenvalue weighted by Gasteiger charge is -2.34. The van der Waals surface area contributed by atoms with Crippen molar-refractivity contribution in [2.24, 2.45) is 0 Å². The Kier molecular flexibility index (Phi) is 4.65. The van der Waals surface area contributed by atoms with Crippen LogP contribution in [0.5, 0.6) is 0 Å². The van der Waals surface area contributed by atoms with Crippen molar-refractivity contribution in [1.29, 1.82) is 0 Å². The van der Waals surface area contributed by atoms with Gasteiger partial charge in [-0.15, -0.1) is 5.10 Å². The SMILES string of the molecule is CCNC(=O)CN1CCN(c2ncnc3c2nnn3CC)CC1.